The fraction of sp³-hybridized carbons (Fsp3) is 0.900. The van der Waals surface area contributed by atoms with Crippen LogP contribution in [0.3, 0.4) is 0 Å². The second kappa shape index (κ2) is 4.92. The zero-order chi connectivity index (χ0) is 11.5. The normalized spacial score (nSPS) is 32.9. The Kier molecular flexibility index (Phi) is 4.07. The third-order valence-electron chi connectivity index (χ3n) is 3.04. The lowest BCUT2D eigenvalue weighted by atomic mass is 9.94. The largest absolute Gasteiger partial charge is 0.481 e. The molecule has 0 amide bonds. The minimum atomic E-state index is -0.981. The van der Waals surface area contributed by atoms with E-state index in [4.69, 9.17) is 9.84 Å². The van der Waals surface area contributed by atoms with Gasteiger partial charge < -0.3 is 20.3 Å². The minimum Gasteiger partial charge on any atom is -0.481 e. The highest BCUT2D eigenvalue weighted by atomic mass is 16.5. The van der Waals surface area contributed by atoms with Gasteiger partial charge in [0.2, 0.25) is 0 Å². The Morgan fingerprint density at radius 3 is 2.87 bits per heavy atom. The highest BCUT2D eigenvalue weighted by Gasteiger charge is 2.36. The van der Waals surface area contributed by atoms with Gasteiger partial charge in [-0.05, 0) is 20.3 Å². The van der Waals surface area contributed by atoms with E-state index in [1.54, 1.807) is 0 Å². The molecule has 0 aromatic carbocycles. The Hall–Kier alpha value is -0.650. The van der Waals surface area contributed by atoms with E-state index in [0.717, 1.165) is 6.42 Å². The van der Waals surface area contributed by atoms with Crippen molar-refractivity contribution < 1.29 is 19.7 Å². The lowest BCUT2D eigenvalue weighted by Gasteiger charge is -2.30. The van der Waals surface area contributed by atoms with Crippen molar-refractivity contribution in [1.29, 1.82) is 0 Å². The van der Waals surface area contributed by atoms with E-state index in [1.165, 1.54) is 0 Å². The van der Waals surface area contributed by atoms with Gasteiger partial charge in [0.05, 0.1) is 18.6 Å². The van der Waals surface area contributed by atoms with Crippen molar-refractivity contribution >= 4 is 5.97 Å². The number of carboxylic acids is 1. The van der Waals surface area contributed by atoms with E-state index in [-0.39, 0.29) is 24.6 Å². The maximum atomic E-state index is 10.3. The second-order valence-corrected chi connectivity index (χ2v) is 4.31. The summed E-state index contributed by atoms with van der Waals surface area (Å²) in [6.07, 6.45) is -0.0895. The van der Waals surface area contributed by atoms with E-state index < -0.39 is 12.1 Å². The highest BCUT2D eigenvalue weighted by Crippen LogP contribution is 2.24. The summed E-state index contributed by atoms with van der Waals surface area (Å²) in [5.74, 6) is -0.981. The molecule has 88 valence electrons. The molecular weight excluding hydrogens is 198 g/mol. The van der Waals surface area contributed by atoms with Crippen LogP contribution in [-0.4, -0.2) is 47.1 Å². The lowest BCUT2D eigenvalue weighted by molar-refractivity contribution is -0.139. The number of nitrogens with one attached hydrogen (secondary N) is 1. The summed E-state index contributed by atoms with van der Waals surface area (Å²) in [6.45, 7) is 5.00. The number of aliphatic hydroxyl groups is 1. The topological polar surface area (TPSA) is 78.8 Å². The van der Waals surface area contributed by atoms with Gasteiger partial charge in [0.1, 0.15) is 0 Å². The van der Waals surface area contributed by atoms with Crippen molar-refractivity contribution in [3.8, 4) is 0 Å². The number of carboxylic acid groups (broad SMARTS) is 1. The number of hydrogen-bond donors (Lipinski definition) is 3. The molecule has 0 aromatic heterocycles. The predicted molar refractivity (Wildman–Crippen MR) is 54.7 cm³/mol. The standard InChI is InChI=1S/C10H19NO4/c1-7-10(2,3-4-15-7)11-6-8(12)5-9(13)14/h7-8,11-12H,3-6H2,1-2H3,(H,13,14). The van der Waals surface area contributed by atoms with Gasteiger partial charge in [-0.15, -0.1) is 0 Å². The van der Waals surface area contributed by atoms with E-state index in [1.807, 2.05) is 13.8 Å². The Balaban J connectivity index is 2.32. The van der Waals surface area contributed by atoms with Gasteiger partial charge in [-0.1, -0.05) is 0 Å². The fourth-order valence-electron chi connectivity index (χ4n) is 1.69. The molecule has 1 aliphatic heterocycles. The molecule has 5 heteroatoms. The Morgan fingerprint density at radius 2 is 2.40 bits per heavy atom. The molecule has 0 saturated carbocycles. The molecule has 0 radical (unpaired) electrons. The predicted octanol–water partition coefficient (Wildman–Crippen LogP) is -0.0209. The van der Waals surface area contributed by atoms with Crippen molar-refractivity contribution in [1.82, 2.24) is 5.32 Å². The summed E-state index contributed by atoms with van der Waals surface area (Å²) in [4.78, 5) is 10.3. The van der Waals surface area contributed by atoms with Crippen molar-refractivity contribution in [2.24, 2.45) is 0 Å². The Morgan fingerprint density at radius 1 is 1.73 bits per heavy atom. The van der Waals surface area contributed by atoms with Crippen LogP contribution >= 0.6 is 0 Å². The second-order valence-electron chi connectivity index (χ2n) is 4.31. The van der Waals surface area contributed by atoms with Gasteiger partial charge in [-0.3, -0.25) is 4.79 Å². The molecule has 3 unspecified atom stereocenters. The van der Waals surface area contributed by atoms with Crippen LogP contribution in [0.2, 0.25) is 0 Å². The van der Waals surface area contributed by atoms with Crippen molar-refractivity contribution in [3.05, 3.63) is 0 Å². The van der Waals surface area contributed by atoms with Crippen LogP contribution in [-0.2, 0) is 9.53 Å². The van der Waals surface area contributed by atoms with Crippen LogP contribution in [0.1, 0.15) is 26.7 Å². The van der Waals surface area contributed by atoms with Crippen LogP contribution in [0.4, 0.5) is 0 Å². The maximum Gasteiger partial charge on any atom is 0.306 e. The zero-order valence-corrected chi connectivity index (χ0v) is 9.19. The summed E-state index contributed by atoms with van der Waals surface area (Å²) in [5.41, 5.74) is -0.153. The molecule has 1 rings (SSSR count). The first-order chi connectivity index (χ1) is 6.94. The van der Waals surface area contributed by atoms with E-state index in [2.05, 4.69) is 5.32 Å². The summed E-state index contributed by atoms with van der Waals surface area (Å²) < 4.78 is 5.42. The number of aliphatic carboxylic acids is 1. The van der Waals surface area contributed by atoms with Crippen LogP contribution in [0.25, 0.3) is 0 Å². The van der Waals surface area contributed by atoms with Crippen molar-refractivity contribution in [2.75, 3.05) is 13.2 Å². The first-order valence-electron chi connectivity index (χ1n) is 5.20. The summed E-state index contributed by atoms with van der Waals surface area (Å²) in [5, 5.41) is 21.1. The number of carbonyl (C=O) groups is 1. The smallest absolute Gasteiger partial charge is 0.306 e. The summed E-state index contributed by atoms with van der Waals surface area (Å²) in [7, 11) is 0. The molecule has 1 heterocycles. The maximum absolute atomic E-state index is 10.3. The Bertz CT molecular complexity index is 233. The lowest BCUT2D eigenvalue weighted by Crippen LogP contribution is -2.50. The van der Waals surface area contributed by atoms with Crippen LogP contribution in [0.15, 0.2) is 0 Å². The van der Waals surface area contributed by atoms with Gasteiger partial charge in [0.15, 0.2) is 0 Å². The fourth-order valence-corrected chi connectivity index (χ4v) is 1.69. The molecule has 0 aromatic rings. The number of rotatable bonds is 5. The molecule has 1 aliphatic rings. The van der Waals surface area contributed by atoms with Gasteiger partial charge >= 0.3 is 5.97 Å². The first kappa shape index (κ1) is 12.4. The molecule has 1 saturated heterocycles. The molecular formula is C10H19NO4. The number of hydrogen-bond acceptors (Lipinski definition) is 4. The monoisotopic (exact) mass is 217 g/mol. The molecule has 15 heavy (non-hydrogen) atoms. The highest BCUT2D eigenvalue weighted by molar-refractivity contribution is 5.67. The van der Waals surface area contributed by atoms with Crippen LogP contribution in [0, 0.1) is 0 Å². The molecule has 1 fully saturated rings. The molecule has 0 spiro atoms. The van der Waals surface area contributed by atoms with Crippen molar-refractivity contribution in [3.63, 3.8) is 0 Å². The zero-order valence-electron chi connectivity index (χ0n) is 9.19. The van der Waals surface area contributed by atoms with Gasteiger partial charge in [0, 0.05) is 18.7 Å². The summed E-state index contributed by atoms with van der Waals surface area (Å²) in [6, 6.07) is 0. The average molecular weight is 217 g/mol. The quantitative estimate of drug-likeness (QED) is 0.603. The molecule has 0 aliphatic carbocycles. The molecule has 3 atom stereocenters. The van der Waals surface area contributed by atoms with Crippen molar-refractivity contribution in [2.45, 2.75) is 44.4 Å². The molecule has 5 nitrogen and oxygen atoms in total. The van der Waals surface area contributed by atoms with E-state index in [9.17, 15) is 9.90 Å². The van der Waals surface area contributed by atoms with E-state index >= 15 is 0 Å². The molecule has 3 N–H and O–H groups in total. The van der Waals surface area contributed by atoms with Crippen LogP contribution in [0.5, 0.6) is 0 Å². The van der Waals surface area contributed by atoms with Gasteiger partial charge in [-0.25, -0.2) is 0 Å². The summed E-state index contributed by atoms with van der Waals surface area (Å²) >= 11 is 0. The van der Waals surface area contributed by atoms with Crippen LogP contribution < -0.4 is 5.32 Å². The third-order valence-corrected chi connectivity index (χ3v) is 3.04. The Labute approximate surface area is 89.4 Å². The average Bonchev–Trinajstić information content (AvgIpc) is 2.44. The third kappa shape index (κ3) is 3.44. The van der Waals surface area contributed by atoms with Gasteiger partial charge in [-0.2, -0.15) is 0 Å². The first-order valence-corrected chi connectivity index (χ1v) is 5.20. The number of aliphatic hydroxyl groups excluding tert-OH is 1. The van der Waals surface area contributed by atoms with E-state index in [0.29, 0.717) is 6.61 Å². The minimum absolute atomic E-state index is 0.0922. The number of ether oxygens (including phenoxy) is 1. The van der Waals surface area contributed by atoms with Gasteiger partial charge in [0.25, 0.3) is 0 Å². The molecule has 0 bridgehead atoms. The SMILES string of the molecule is CC1OCCC1(C)NCC(O)CC(=O)O. The number of β-amino-alcohol motifs (C(OH)–C–C–N with tert-alkyl or cyclic N) is 1.